The summed E-state index contributed by atoms with van der Waals surface area (Å²) >= 11 is 5.92. The van der Waals surface area contributed by atoms with E-state index in [-0.39, 0.29) is 17.3 Å². The van der Waals surface area contributed by atoms with Gasteiger partial charge >= 0.3 is 0 Å². The van der Waals surface area contributed by atoms with Gasteiger partial charge in [-0.15, -0.1) is 0 Å². The molecule has 0 bridgehead atoms. The monoisotopic (exact) mass is 277 g/mol. The molecule has 1 saturated heterocycles. The van der Waals surface area contributed by atoms with Gasteiger partial charge in [0.2, 0.25) is 0 Å². The van der Waals surface area contributed by atoms with Gasteiger partial charge < -0.3 is 0 Å². The summed E-state index contributed by atoms with van der Waals surface area (Å²) < 4.78 is 35.4. The lowest BCUT2D eigenvalue weighted by Gasteiger charge is -2.26. The van der Waals surface area contributed by atoms with Crippen LogP contribution in [0, 0.1) is 5.82 Å². The van der Waals surface area contributed by atoms with Crippen LogP contribution in [0.4, 0.5) is 4.39 Å². The van der Waals surface area contributed by atoms with Gasteiger partial charge in [0.15, 0.2) is 9.84 Å². The first kappa shape index (κ1) is 12.8. The van der Waals surface area contributed by atoms with Gasteiger partial charge in [0.1, 0.15) is 5.82 Å². The molecule has 1 fully saturated rings. The Labute approximate surface area is 105 Å². The van der Waals surface area contributed by atoms with Crippen molar-refractivity contribution in [2.75, 3.05) is 24.6 Å². The van der Waals surface area contributed by atoms with Crippen LogP contribution in [0.25, 0.3) is 0 Å². The smallest absolute Gasteiger partial charge is 0.152 e. The maximum absolute atomic E-state index is 12.9. The highest BCUT2D eigenvalue weighted by molar-refractivity contribution is 7.91. The zero-order chi connectivity index (χ0) is 12.5. The quantitative estimate of drug-likeness (QED) is 0.826. The second-order valence-electron chi connectivity index (χ2n) is 4.16. The first-order chi connectivity index (χ1) is 7.96. The highest BCUT2D eigenvalue weighted by Crippen LogP contribution is 2.19. The maximum Gasteiger partial charge on any atom is 0.152 e. The van der Waals surface area contributed by atoms with Crippen molar-refractivity contribution >= 4 is 21.4 Å². The Morgan fingerprint density at radius 3 is 2.53 bits per heavy atom. The van der Waals surface area contributed by atoms with Crippen molar-refractivity contribution < 1.29 is 12.8 Å². The molecule has 1 heterocycles. The normalized spacial score (nSPS) is 20.4. The van der Waals surface area contributed by atoms with Crippen LogP contribution in [0.2, 0.25) is 5.02 Å². The fraction of sp³-hybridized carbons (Fsp3) is 0.455. The first-order valence-electron chi connectivity index (χ1n) is 5.33. The van der Waals surface area contributed by atoms with Crippen LogP contribution in [-0.2, 0) is 16.4 Å². The number of rotatable bonds is 2. The SMILES string of the molecule is O=S1(=O)CCN(Cc2ccc(F)cc2Cl)CC1. The third-order valence-electron chi connectivity index (χ3n) is 2.85. The Morgan fingerprint density at radius 1 is 1.29 bits per heavy atom. The molecule has 0 N–H and O–H groups in total. The molecule has 0 aromatic heterocycles. The second kappa shape index (κ2) is 4.92. The topological polar surface area (TPSA) is 37.4 Å². The van der Waals surface area contributed by atoms with Crippen molar-refractivity contribution in [3.63, 3.8) is 0 Å². The number of benzene rings is 1. The van der Waals surface area contributed by atoms with Crippen molar-refractivity contribution in [2.24, 2.45) is 0 Å². The van der Waals surface area contributed by atoms with Crippen molar-refractivity contribution in [1.29, 1.82) is 0 Å². The van der Waals surface area contributed by atoms with E-state index in [1.807, 2.05) is 4.90 Å². The van der Waals surface area contributed by atoms with Crippen LogP contribution < -0.4 is 0 Å². The molecular weight excluding hydrogens is 265 g/mol. The minimum absolute atomic E-state index is 0.186. The molecule has 1 aliphatic heterocycles. The van der Waals surface area contributed by atoms with E-state index < -0.39 is 9.84 Å². The minimum atomic E-state index is -2.86. The molecule has 17 heavy (non-hydrogen) atoms. The van der Waals surface area contributed by atoms with Gasteiger partial charge in [0.25, 0.3) is 0 Å². The lowest BCUT2D eigenvalue weighted by molar-refractivity contribution is 0.287. The van der Waals surface area contributed by atoms with Crippen LogP contribution >= 0.6 is 11.6 Å². The Hall–Kier alpha value is -0.650. The van der Waals surface area contributed by atoms with E-state index in [9.17, 15) is 12.8 Å². The molecule has 0 atom stereocenters. The Morgan fingerprint density at radius 2 is 1.94 bits per heavy atom. The van der Waals surface area contributed by atoms with Crippen LogP contribution in [0.15, 0.2) is 18.2 Å². The third kappa shape index (κ3) is 3.40. The van der Waals surface area contributed by atoms with Gasteiger partial charge in [0, 0.05) is 24.7 Å². The van der Waals surface area contributed by atoms with E-state index in [1.54, 1.807) is 6.07 Å². The maximum atomic E-state index is 12.9. The molecular formula is C11H13ClFNO2S. The average Bonchev–Trinajstić information content (AvgIpc) is 2.25. The zero-order valence-corrected chi connectivity index (χ0v) is 10.8. The number of hydrogen-bond acceptors (Lipinski definition) is 3. The van der Waals surface area contributed by atoms with Crippen LogP contribution in [-0.4, -0.2) is 37.9 Å². The third-order valence-corrected chi connectivity index (χ3v) is 4.81. The fourth-order valence-electron chi connectivity index (χ4n) is 1.80. The molecule has 0 spiro atoms. The predicted octanol–water partition coefficient (Wildman–Crippen LogP) is 1.71. The molecule has 1 aliphatic rings. The molecule has 0 amide bonds. The minimum Gasteiger partial charge on any atom is -0.297 e. The standard InChI is InChI=1S/C11H13ClFNO2S/c12-11-7-10(13)2-1-9(11)8-14-3-5-17(15,16)6-4-14/h1-2,7H,3-6,8H2. The number of sulfone groups is 1. The Bertz CT molecular complexity index is 504. The van der Waals surface area contributed by atoms with Gasteiger partial charge in [-0.2, -0.15) is 0 Å². The summed E-state index contributed by atoms with van der Waals surface area (Å²) in [6.07, 6.45) is 0. The summed E-state index contributed by atoms with van der Waals surface area (Å²) in [7, 11) is -2.86. The van der Waals surface area contributed by atoms with Crippen molar-refractivity contribution in [2.45, 2.75) is 6.54 Å². The van der Waals surface area contributed by atoms with E-state index in [1.165, 1.54) is 12.1 Å². The Kier molecular flexibility index (Phi) is 3.70. The molecule has 3 nitrogen and oxygen atoms in total. The molecule has 1 aromatic carbocycles. The molecule has 1 aromatic rings. The van der Waals surface area contributed by atoms with E-state index in [4.69, 9.17) is 11.6 Å². The molecule has 0 saturated carbocycles. The fourth-order valence-corrected chi connectivity index (χ4v) is 3.30. The molecule has 6 heteroatoms. The number of halogens is 2. The zero-order valence-electron chi connectivity index (χ0n) is 9.20. The lowest BCUT2D eigenvalue weighted by Crippen LogP contribution is -2.39. The largest absolute Gasteiger partial charge is 0.297 e. The summed E-state index contributed by atoms with van der Waals surface area (Å²) in [6.45, 7) is 1.58. The molecule has 0 unspecified atom stereocenters. The average molecular weight is 278 g/mol. The summed E-state index contributed by atoms with van der Waals surface area (Å²) in [4.78, 5) is 2.01. The molecule has 0 radical (unpaired) electrons. The molecule has 94 valence electrons. The van der Waals surface area contributed by atoms with Crippen molar-refractivity contribution in [3.05, 3.63) is 34.6 Å². The van der Waals surface area contributed by atoms with Crippen molar-refractivity contribution in [1.82, 2.24) is 4.90 Å². The van der Waals surface area contributed by atoms with Gasteiger partial charge in [0.05, 0.1) is 11.5 Å². The molecule has 2 rings (SSSR count). The van der Waals surface area contributed by atoms with E-state index in [0.717, 1.165) is 5.56 Å². The number of nitrogens with zero attached hydrogens (tertiary/aromatic N) is 1. The summed E-state index contributed by atoms with van der Waals surface area (Å²) in [5.41, 5.74) is 0.826. The van der Waals surface area contributed by atoms with E-state index in [2.05, 4.69) is 0 Å². The highest BCUT2D eigenvalue weighted by Gasteiger charge is 2.21. The molecule has 0 aliphatic carbocycles. The van der Waals surface area contributed by atoms with E-state index in [0.29, 0.717) is 24.7 Å². The van der Waals surface area contributed by atoms with Crippen LogP contribution in [0.3, 0.4) is 0 Å². The van der Waals surface area contributed by atoms with Crippen LogP contribution in [0.1, 0.15) is 5.56 Å². The van der Waals surface area contributed by atoms with E-state index >= 15 is 0 Å². The lowest BCUT2D eigenvalue weighted by atomic mass is 10.2. The van der Waals surface area contributed by atoms with Gasteiger partial charge in [-0.25, -0.2) is 12.8 Å². The van der Waals surface area contributed by atoms with Gasteiger partial charge in [-0.1, -0.05) is 17.7 Å². The Balaban J connectivity index is 2.02. The van der Waals surface area contributed by atoms with Crippen molar-refractivity contribution in [3.8, 4) is 0 Å². The highest BCUT2D eigenvalue weighted by atomic mass is 35.5. The van der Waals surface area contributed by atoms with Gasteiger partial charge in [-0.05, 0) is 17.7 Å². The summed E-state index contributed by atoms with van der Waals surface area (Å²) in [6, 6.07) is 4.28. The summed E-state index contributed by atoms with van der Waals surface area (Å²) in [5.74, 6) is 0.0115. The predicted molar refractivity (Wildman–Crippen MR) is 65.3 cm³/mol. The van der Waals surface area contributed by atoms with Gasteiger partial charge in [-0.3, -0.25) is 4.90 Å². The first-order valence-corrected chi connectivity index (χ1v) is 7.53. The number of hydrogen-bond donors (Lipinski definition) is 0. The van der Waals surface area contributed by atoms with Crippen LogP contribution in [0.5, 0.6) is 0 Å². The summed E-state index contributed by atoms with van der Waals surface area (Å²) in [5, 5.41) is 0.387. The second-order valence-corrected chi connectivity index (χ2v) is 6.87.